The smallest absolute Gasteiger partial charge is 0.336 e. The quantitative estimate of drug-likeness (QED) is 0.355. The molecule has 0 radical (unpaired) electrons. The van der Waals surface area contributed by atoms with E-state index in [1.807, 2.05) is 35.2 Å². The molecule has 3 heterocycles. The normalized spacial score (nSPS) is 23.9. The predicted molar refractivity (Wildman–Crippen MR) is 160 cm³/mol. The molecule has 3 unspecified atom stereocenters. The van der Waals surface area contributed by atoms with Crippen molar-refractivity contribution in [3.8, 4) is 5.88 Å². The maximum atomic E-state index is 17.7. The number of aliphatic imine (C=N–C) groups is 1. The Morgan fingerprint density at radius 1 is 1.20 bits per heavy atom. The van der Waals surface area contributed by atoms with Crippen LogP contribution in [0.25, 0.3) is 5.57 Å². The van der Waals surface area contributed by atoms with Crippen LogP contribution in [0.5, 0.6) is 5.88 Å². The van der Waals surface area contributed by atoms with Crippen molar-refractivity contribution in [3.63, 3.8) is 0 Å². The van der Waals surface area contributed by atoms with Crippen LogP contribution in [0.15, 0.2) is 53.8 Å². The fraction of sp³-hybridized carbons (Fsp3) is 0.531. The van der Waals surface area contributed by atoms with Crippen molar-refractivity contribution < 1.29 is 23.8 Å². The predicted octanol–water partition coefficient (Wildman–Crippen LogP) is 6.64. The van der Waals surface area contributed by atoms with Crippen molar-refractivity contribution >= 4 is 28.9 Å². The molecule has 0 amide bonds. The number of aromatic nitrogens is 1. The molecule has 7 nitrogen and oxygen atoms in total. The number of likely N-dealkylation sites (tertiary alicyclic amines) is 1. The minimum Gasteiger partial charge on any atom is -0.479 e. The Labute approximate surface area is 247 Å². The van der Waals surface area contributed by atoms with Crippen LogP contribution in [0.2, 0.25) is 5.02 Å². The van der Waals surface area contributed by atoms with Gasteiger partial charge in [-0.1, -0.05) is 43.6 Å². The van der Waals surface area contributed by atoms with Crippen molar-refractivity contribution in [2.75, 3.05) is 19.7 Å². The molecule has 2 aromatic rings. The Morgan fingerprint density at radius 3 is 2.46 bits per heavy atom. The van der Waals surface area contributed by atoms with Crippen molar-refractivity contribution in [1.82, 2.24) is 9.88 Å². The highest BCUT2D eigenvalue weighted by atomic mass is 35.5. The lowest BCUT2D eigenvalue weighted by molar-refractivity contribution is -0.176. The summed E-state index contributed by atoms with van der Waals surface area (Å²) in [5, 5.41) is 10.9. The minimum atomic E-state index is -2.41. The molecule has 1 N–H and O–H groups in total. The Bertz CT molecular complexity index is 1290. The summed E-state index contributed by atoms with van der Waals surface area (Å²) in [6.07, 6.45) is 3.87. The topological polar surface area (TPSA) is 84.3 Å². The molecule has 1 fully saturated rings. The molecule has 0 aliphatic carbocycles. The van der Waals surface area contributed by atoms with Gasteiger partial charge in [0, 0.05) is 35.5 Å². The standard InChI is InChI=1S/C32H41ClFN3O4/c1-21-32(34,28(29(38)39)41-30(2,3)4)27(37-16-14-31(5,6)15-17-37)24(20-35-21)23-11-12-26(36-19-23)40-18-13-22-9-7-8-10-25(22)33/h7-12,19-20,27-28H,13-18H2,1-6H3,(H,38,39). The number of carboxylic acid groups (broad SMARTS) is 1. The van der Waals surface area contributed by atoms with E-state index in [9.17, 15) is 9.90 Å². The van der Waals surface area contributed by atoms with Crippen molar-refractivity contribution in [1.29, 1.82) is 0 Å². The lowest BCUT2D eigenvalue weighted by Crippen LogP contribution is -2.66. The first kappa shape index (κ1) is 31.1. The second-order valence-electron chi connectivity index (χ2n) is 12.7. The van der Waals surface area contributed by atoms with Crippen molar-refractivity contribution in [3.05, 3.63) is 64.9 Å². The summed E-state index contributed by atoms with van der Waals surface area (Å²) < 4.78 is 29.4. The van der Waals surface area contributed by atoms with Gasteiger partial charge in [0.1, 0.15) is 0 Å². The average molecular weight is 586 g/mol. The van der Waals surface area contributed by atoms with Gasteiger partial charge in [-0.15, -0.1) is 0 Å². The van der Waals surface area contributed by atoms with Gasteiger partial charge in [-0.3, -0.25) is 9.89 Å². The second-order valence-corrected chi connectivity index (χ2v) is 13.1. The number of carbonyl (C=O) groups is 1. The first-order valence-electron chi connectivity index (χ1n) is 14.1. The molecule has 2 aliphatic rings. The molecule has 1 saturated heterocycles. The first-order chi connectivity index (χ1) is 19.2. The summed E-state index contributed by atoms with van der Waals surface area (Å²) in [6, 6.07) is 10.3. The highest BCUT2D eigenvalue weighted by Gasteiger charge is 2.59. The van der Waals surface area contributed by atoms with Crippen LogP contribution in [-0.2, 0) is 16.0 Å². The molecule has 0 saturated carbocycles. The summed E-state index contributed by atoms with van der Waals surface area (Å²) in [4.78, 5) is 23.5. The van der Waals surface area contributed by atoms with Crippen LogP contribution in [0.1, 0.15) is 65.5 Å². The molecule has 4 rings (SSSR count). The molecular weight excluding hydrogens is 545 g/mol. The third kappa shape index (κ3) is 7.16. The van der Waals surface area contributed by atoms with Crippen LogP contribution in [0.3, 0.4) is 0 Å². The summed E-state index contributed by atoms with van der Waals surface area (Å²) in [6.45, 7) is 12.8. The van der Waals surface area contributed by atoms with Gasteiger partial charge in [0.25, 0.3) is 0 Å². The highest BCUT2D eigenvalue weighted by molar-refractivity contribution is 6.31. The molecule has 222 valence electrons. The van der Waals surface area contributed by atoms with E-state index >= 15 is 4.39 Å². The molecule has 1 aromatic carbocycles. The van der Waals surface area contributed by atoms with E-state index in [1.165, 1.54) is 0 Å². The SMILES string of the molecule is CC1=NC=C(c2ccc(OCCc3ccccc3Cl)nc2)C(N2CCC(C)(C)CC2)C1(F)C(OC(C)(C)C)C(=O)O. The number of benzene rings is 1. The minimum absolute atomic E-state index is 0.0835. The Morgan fingerprint density at radius 2 is 1.88 bits per heavy atom. The zero-order valence-corrected chi connectivity index (χ0v) is 25.5. The van der Waals surface area contributed by atoms with Gasteiger partial charge < -0.3 is 14.6 Å². The van der Waals surface area contributed by atoms with Gasteiger partial charge in [-0.05, 0) is 82.3 Å². The number of hydrogen-bond acceptors (Lipinski definition) is 6. The number of pyridine rings is 1. The molecule has 2 aliphatic heterocycles. The second kappa shape index (κ2) is 12.2. The highest BCUT2D eigenvalue weighted by Crippen LogP contribution is 2.44. The summed E-state index contributed by atoms with van der Waals surface area (Å²) in [5.41, 5.74) is -0.884. The van der Waals surface area contributed by atoms with Crippen LogP contribution >= 0.6 is 11.6 Å². The molecule has 1 aromatic heterocycles. The lowest BCUT2D eigenvalue weighted by atomic mass is 9.75. The molecular formula is C32H41ClFN3O4. The number of halogens is 2. The largest absolute Gasteiger partial charge is 0.479 e. The van der Waals surface area contributed by atoms with Crippen molar-refractivity contribution in [2.45, 2.75) is 84.2 Å². The summed E-state index contributed by atoms with van der Waals surface area (Å²) >= 11 is 6.25. The van der Waals surface area contributed by atoms with Crippen LogP contribution < -0.4 is 4.74 Å². The molecule has 9 heteroatoms. The number of alkyl halides is 1. The van der Waals surface area contributed by atoms with Gasteiger partial charge in [0.05, 0.1) is 24.0 Å². The van der Waals surface area contributed by atoms with E-state index in [0.717, 1.165) is 18.4 Å². The maximum absolute atomic E-state index is 17.7. The molecule has 3 atom stereocenters. The van der Waals surface area contributed by atoms with Gasteiger partial charge in [-0.25, -0.2) is 14.2 Å². The van der Waals surface area contributed by atoms with Gasteiger partial charge >= 0.3 is 5.97 Å². The number of ether oxygens (including phenoxy) is 2. The number of nitrogens with zero attached hydrogens (tertiary/aromatic N) is 3. The fourth-order valence-electron chi connectivity index (χ4n) is 5.45. The Kier molecular flexibility index (Phi) is 9.26. The number of hydrogen-bond donors (Lipinski definition) is 1. The zero-order valence-electron chi connectivity index (χ0n) is 24.8. The number of piperidine rings is 1. The third-order valence-electron chi connectivity index (χ3n) is 7.89. The van der Waals surface area contributed by atoms with Crippen LogP contribution in [0, 0.1) is 5.41 Å². The summed E-state index contributed by atoms with van der Waals surface area (Å²) in [7, 11) is 0. The van der Waals surface area contributed by atoms with Crippen LogP contribution in [0.4, 0.5) is 4.39 Å². The van der Waals surface area contributed by atoms with Crippen LogP contribution in [-0.4, -0.2) is 69.8 Å². The number of carboxylic acids is 1. The van der Waals surface area contributed by atoms with Crippen molar-refractivity contribution in [2.24, 2.45) is 10.4 Å². The average Bonchev–Trinajstić information content (AvgIpc) is 2.90. The van der Waals surface area contributed by atoms with E-state index in [2.05, 4.69) is 23.8 Å². The van der Waals surface area contributed by atoms with Gasteiger partial charge in [-0.2, -0.15) is 0 Å². The molecule has 0 spiro atoms. The van der Waals surface area contributed by atoms with E-state index in [-0.39, 0.29) is 11.1 Å². The number of rotatable bonds is 9. The third-order valence-corrected chi connectivity index (χ3v) is 8.26. The van der Waals surface area contributed by atoms with E-state index < -0.39 is 29.4 Å². The number of aliphatic carboxylic acids is 1. The van der Waals surface area contributed by atoms with E-state index in [0.29, 0.717) is 48.2 Å². The molecule has 0 bridgehead atoms. The first-order valence-corrected chi connectivity index (χ1v) is 14.5. The summed E-state index contributed by atoms with van der Waals surface area (Å²) in [5.74, 6) is -0.930. The lowest BCUT2D eigenvalue weighted by Gasteiger charge is -2.49. The van der Waals surface area contributed by atoms with Gasteiger partial charge in [0.2, 0.25) is 11.5 Å². The fourth-order valence-corrected chi connectivity index (χ4v) is 5.68. The van der Waals surface area contributed by atoms with E-state index in [1.54, 1.807) is 46.2 Å². The Hall–Kier alpha value is -2.81. The molecule has 41 heavy (non-hydrogen) atoms. The van der Waals surface area contributed by atoms with E-state index in [4.69, 9.17) is 21.1 Å². The monoisotopic (exact) mass is 585 g/mol. The Balaban J connectivity index is 1.64. The maximum Gasteiger partial charge on any atom is 0.336 e. The van der Waals surface area contributed by atoms with Gasteiger partial charge in [0.15, 0.2) is 6.10 Å². The zero-order chi connectivity index (χ0) is 30.0.